The molecule has 20 heavy (non-hydrogen) atoms. The summed E-state index contributed by atoms with van der Waals surface area (Å²) >= 11 is 0. The van der Waals surface area contributed by atoms with E-state index in [1.165, 1.54) is 0 Å². The molecule has 6 heteroatoms. The number of morpholine rings is 1. The summed E-state index contributed by atoms with van der Waals surface area (Å²) in [5.41, 5.74) is 4.69. The lowest BCUT2D eigenvalue weighted by atomic mass is 9.74. The molecule has 0 aromatic heterocycles. The van der Waals surface area contributed by atoms with Gasteiger partial charge in [-0.1, -0.05) is 0 Å². The van der Waals surface area contributed by atoms with E-state index < -0.39 is 17.0 Å². The Morgan fingerprint density at radius 1 is 1.35 bits per heavy atom. The van der Waals surface area contributed by atoms with E-state index in [1.54, 1.807) is 4.90 Å². The van der Waals surface area contributed by atoms with Gasteiger partial charge in [0.25, 0.3) is 0 Å². The lowest BCUT2D eigenvalue weighted by Gasteiger charge is -2.44. The van der Waals surface area contributed by atoms with Crippen LogP contribution in [0.25, 0.3) is 0 Å². The summed E-state index contributed by atoms with van der Waals surface area (Å²) in [6, 6.07) is -0.571. The van der Waals surface area contributed by atoms with Crippen LogP contribution in [0.1, 0.15) is 34.6 Å². The summed E-state index contributed by atoms with van der Waals surface area (Å²) in [6.07, 6.45) is 0. The largest absolute Gasteiger partial charge is 0.377 e. The van der Waals surface area contributed by atoms with Crippen molar-refractivity contribution in [1.82, 2.24) is 10.2 Å². The quantitative estimate of drug-likeness (QED) is 0.768. The van der Waals surface area contributed by atoms with Gasteiger partial charge in [-0.15, -0.1) is 0 Å². The Balaban J connectivity index is 2.96. The number of nitrogens with two attached hydrogens (primary N) is 1. The van der Waals surface area contributed by atoms with Gasteiger partial charge in [0.05, 0.1) is 18.6 Å². The molecule has 1 atom stereocenters. The van der Waals surface area contributed by atoms with Crippen molar-refractivity contribution in [2.24, 2.45) is 11.1 Å². The lowest BCUT2D eigenvalue weighted by Crippen LogP contribution is -2.63. The molecule has 2 amide bonds. The van der Waals surface area contributed by atoms with Crippen LogP contribution in [0, 0.1) is 5.41 Å². The minimum atomic E-state index is -0.755. The highest BCUT2D eigenvalue weighted by atomic mass is 16.5. The van der Waals surface area contributed by atoms with E-state index in [0.717, 1.165) is 0 Å². The molecule has 1 unspecified atom stereocenters. The number of nitrogens with one attached hydrogen (secondary N) is 1. The molecule has 1 fully saturated rings. The molecule has 1 aliphatic heterocycles. The van der Waals surface area contributed by atoms with E-state index in [9.17, 15) is 9.59 Å². The van der Waals surface area contributed by atoms with Gasteiger partial charge in [0.1, 0.15) is 6.04 Å². The van der Waals surface area contributed by atoms with E-state index in [0.29, 0.717) is 19.7 Å². The highest BCUT2D eigenvalue weighted by molar-refractivity contribution is 5.90. The molecule has 1 saturated heterocycles. The number of ether oxygens (including phenoxy) is 1. The van der Waals surface area contributed by atoms with Gasteiger partial charge in [-0.05, 0) is 34.6 Å². The normalized spacial score (nSPS) is 20.7. The molecule has 116 valence electrons. The minimum Gasteiger partial charge on any atom is -0.377 e. The van der Waals surface area contributed by atoms with Gasteiger partial charge in [-0.25, -0.2) is 0 Å². The topological polar surface area (TPSA) is 84.7 Å². The molecule has 0 saturated carbocycles. The second-order valence-electron chi connectivity index (χ2n) is 6.33. The van der Waals surface area contributed by atoms with E-state index >= 15 is 0 Å². The van der Waals surface area contributed by atoms with E-state index in [-0.39, 0.29) is 18.4 Å². The molecule has 0 aliphatic carbocycles. The smallest absolute Gasteiger partial charge is 0.245 e. The van der Waals surface area contributed by atoms with E-state index in [4.69, 9.17) is 10.5 Å². The van der Waals surface area contributed by atoms with E-state index in [1.807, 2.05) is 34.6 Å². The molecule has 6 nitrogen and oxygen atoms in total. The van der Waals surface area contributed by atoms with Crippen LogP contribution in [0.15, 0.2) is 0 Å². The molecule has 1 aliphatic rings. The maximum Gasteiger partial charge on any atom is 0.245 e. The number of hydrogen-bond donors (Lipinski definition) is 2. The van der Waals surface area contributed by atoms with Crippen molar-refractivity contribution in [2.45, 2.75) is 46.2 Å². The molecule has 0 aromatic carbocycles. The summed E-state index contributed by atoms with van der Waals surface area (Å²) in [6.45, 7) is 10.8. The summed E-state index contributed by atoms with van der Waals surface area (Å²) in [5, 5.41) is 2.75. The Bertz CT molecular complexity index is 374. The number of carbonyl (C=O) groups is 2. The molecule has 0 aromatic rings. The van der Waals surface area contributed by atoms with Crippen LogP contribution >= 0.6 is 0 Å². The average molecular weight is 285 g/mol. The highest BCUT2D eigenvalue weighted by Gasteiger charge is 2.46. The summed E-state index contributed by atoms with van der Waals surface area (Å²) in [7, 11) is 0. The molecular weight excluding hydrogens is 258 g/mol. The molecule has 3 N–H and O–H groups in total. The maximum absolute atomic E-state index is 12.8. The monoisotopic (exact) mass is 285 g/mol. The van der Waals surface area contributed by atoms with E-state index in [2.05, 4.69) is 5.32 Å². The minimum absolute atomic E-state index is 0.107. The molecular formula is C14H27N3O3. The first-order valence-corrected chi connectivity index (χ1v) is 7.08. The van der Waals surface area contributed by atoms with Crippen molar-refractivity contribution in [3.63, 3.8) is 0 Å². The van der Waals surface area contributed by atoms with Gasteiger partial charge in [0.2, 0.25) is 11.8 Å². The van der Waals surface area contributed by atoms with Crippen molar-refractivity contribution in [3.05, 3.63) is 0 Å². The first kappa shape index (κ1) is 16.9. The Morgan fingerprint density at radius 3 is 2.45 bits per heavy atom. The standard InChI is InChI=1S/C14H27N3O3/c1-6-16-11(18)10-9-20-8-7-17(10)12(19)13(2,3)14(4,5)15/h10H,6-9,15H2,1-5H3,(H,16,18). The predicted molar refractivity (Wildman–Crippen MR) is 77.1 cm³/mol. The summed E-state index contributed by atoms with van der Waals surface area (Å²) < 4.78 is 5.34. The first-order chi connectivity index (χ1) is 9.13. The molecule has 0 radical (unpaired) electrons. The molecule has 0 bridgehead atoms. The van der Waals surface area contributed by atoms with Crippen LogP contribution in [0.2, 0.25) is 0 Å². The average Bonchev–Trinajstić information content (AvgIpc) is 2.36. The number of carbonyl (C=O) groups excluding carboxylic acids is 2. The number of hydrogen-bond acceptors (Lipinski definition) is 4. The van der Waals surface area contributed by atoms with Crippen molar-refractivity contribution in [2.75, 3.05) is 26.3 Å². The maximum atomic E-state index is 12.8. The fourth-order valence-corrected chi connectivity index (χ4v) is 1.99. The second kappa shape index (κ2) is 6.10. The Kier molecular flexibility index (Phi) is 5.15. The van der Waals surface area contributed by atoms with Crippen LogP contribution in [0.5, 0.6) is 0 Å². The Hall–Kier alpha value is -1.14. The van der Waals surface area contributed by atoms with Gasteiger partial charge in [-0.2, -0.15) is 0 Å². The zero-order chi connectivity index (χ0) is 15.6. The Morgan fingerprint density at radius 2 is 1.95 bits per heavy atom. The molecule has 1 rings (SSSR count). The van der Waals surface area contributed by atoms with Crippen LogP contribution in [0.4, 0.5) is 0 Å². The highest BCUT2D eigenvalue weighted by Crippen LogP contribution is 2.31. The predicted octanol–water partition coefficient (Wildman–Crippen LogP) is 0.113. The Labute approximate surface area is 121 Å². The van der Waals surface area contributed by atoms with Crippen LogP contribution in [0.3, 0.4) is 0 Å². The van der Waals surface area contributed by atoms with Crippen molar-refractivity contribution in [3.8, 4) is 0 Å². The molecule has 0 spiro atoms. The molecule has 1 heterocycles. The van der Waals surface area contributed by atoms with Crippen LogP contribution in [-0.2, 0) is 14.3 Å². The third-order valence-electron chi connectivity index (χ3n) is 4.19. The number of likely N-dealkylation sites (N-methyl/N-ethyl adjacent to an activating group) is 1. The summed E-state index contributed by atoms with van der Waals surface area (Å²) in [4.78, 5) is 26.5. The first-order valence-electron chi connectivity index (χ1n) is 7.08. The second-order valence-corrected chi connectivity index (χ2v) is 6.33. The van der Waals surface area contributed by atoms with Crippen molar-refractivity contribution in [1.29, 1.82) is 0 Å². The third kappa shape index (κ3) is 3.30. The fraction of sp³-hybridized carbons (Fsp3) is 0.857. The zero-order valence-electron chi connectivity index (χ0n) is 13.2. The van der Waals surface area contributed by atoms with Crippen LogP contribution < -0.4 is 11.1 Å². The van der Waals surface area contributed by atoms with Gasteiger partial charge < -0.3 is 20.7 Å². The van der Waals surface area contributed by atoms with Gasteiger partial charge in [0, 0.05) is 18.6 Å². The van der Waals surface area contributed by atoms with Gasteiger partial charge >= 0.3 is 0 Å². The number of amides is 2. The zero-order valence-corrected chi connectivity index (χ0v) is 13.2. The van der Waals surface area contributed by atoms with Gasteiger partial charge in [-0.3, -0.25) is 9.59 Å². The fourth-order valence-electron chi connectivity index (χ4n) is 1.99. The van der Waals surface area contributed by atoms with Crippen molar-refractivity contribution < 1.29 is 14.3 Å². The SMILES string of the molecule is CCNC(=O)C1COCCN1C(=O)C(C)(C)C(C)(C)N. The van der Waals surface area contributed by atoms with Gasteiger partial charge in [0.15, 0.2) is 0 Å². The number of nitrogens with zero attached hydrogens (tertiary/aromatic N) is 1. The third-order valence-corrected chi connectivity index (χ3v) is 4.19. The number of rotatable bonds is 4. The van der Waals surface area contributed by atoms with Crippen molar-refractivity contribution >= 4 is 11.8 Å². The summed E-state index contributed by atoms with van der Waals surface area (Å²) in [5.74, 6) is -0.282. The van der Waals surface area contributed by atoms with Crippen LogP contribution in [-0.4, -0.2) is 54.6 Å². The lowest BCUT2D eigenvalue weighted by molar-refractivity contribution is -0.157.